The van der Waals surface area contributed by atoms with Crippen molar-refractivity contribution in [3.05, 3.63) is 35.4 Å². The van der Waals surface area contributed by atoms with Crippen LogP contribution in [0.3, 0.4) is 0 Å². The Morgan fingerprint density at radius 2 is 2.16 bits per heavy atom. The van der Waals surface area contributed by atoms with Gasteiger partial charge in [0, 0.05) is 25.1 Å². The number of hydrogen-bond donors (Lipinski definition) is 3. The third kappa shape index (κ3) is 5.72. The summed E-state index contributed by atoms with van der Waals surface area (Å²) in [6, 6.07) is 6.98. The van der Waals surface area contributed by atoms with E-state index in [0.29, 0.717) is 25.1 Å². The average molecular weight is 349 g/mol. The quantitative estimate of drug-likeness (QED) is 0.226. The Bertz CT molecular complexity index is 588. The summed E-state index contributed by atoms with van der Waals surface area (Å²) < 4.78 is 5.03. The highest BCUT2D eigenvalue weighted by Crippen LogP contribution is 2.23. The lowest BCUT2D eigenvalue weighted by Crippen LogP contribution is -2.38. The molecule has 0 amide bonds. The van der Waals surface area contributed by atoms with Crippen LogP contribution in [0.5, 0.6) is 0 Å². The Balaban J connectivity index is 1.89. The van der Waals surface area contributed by atoms with Gasteiger partial charge in [-0.3, -0.25) is 4.79 Å². The van der Waals surface area contributed by atoms with E-state index >= 15 is 0 Å². The van der Waals surface area contributed by atoms with Crippen LogP contribution in [-0.2, 0) is 9.53 Å². The van der Waals surface area contributed by atoms with Gasteiger partial charge in [-0.15, -0.1) is 0 Å². The van der Waals surface area contributed by atoms with Gasteiger partial charge in [-0.1, -0.05) is 29.4 Å². The number of β-amino-alcohol motifs (C(OH)–C–C–N with tert-alkyl or cyclic N) is 1. The number of nitrogens with two attached hydrogens (primary N) is 1. The highest BCUT2D eigenvalue weighted by Gasteiger charge is 2.24. The van der Waals surface area contributed by atoms with E-state index in [1.165, 1.54) is 0 Å². The van der Waals surface area contributed by atoms with Gasteiger partial charge in [-0.2, -0.15) is 0 Å². The third-order valence-corrected chi connectivity index (χ3v) is 4.49. The van der Waals surface area contributed by atoms with E-state index < -0.39 is 6.10 Å². The first kappa shape index (κ1) is 19.2. The molecule has 25 heavy (non-hydrogen) atoms. The fraction of sp³-hybridized carbons (Fsp3) is 0.556. The van der Waals surface area contributed by atoms with Crippen LogP contribution in [0.15, 0.2) is 29.4 Å². The Kier molecular flexibility index (Phi) is 7.21. The molecule has 0 bridgehead atoms. The highest BCUT2D eigenvalue weighted by atomic mass is 16.5. The van der Waals surface area contributed by atoms with Crippen LogP contribution in [-0.4, -0.2) is 53.3 Å². The zero-order valence-corrected chi connectivity index (χ0v) is 14.6. The standard InChI is InChI=1S/C18H27N3O4/c1-2-25-17(23)10-13-4-3-9-21(11-13)12-16(22)14-5-7-15(8-6-14)18(19)20-24/h5-8,13,16,22,24H,2-4,9-12H2,1H3,(H2,19,20)/t13-,16?/m1/s1. The molecule has 7 nitrogen and oxygen atoms in total. The molecule has 0 aliphatic carbocycles. The highest BCUT2D eigenvalue weighted by molar-refractivity contribution is 5.96. The SMILES string of the molecule is CCOC(=O)C[C@H]1CCCN(CC(O)c2ccc(/C(N)=N/O)cc2)C1. The molecule has 0 saturated carbocycles. The van der Waals surface area contributed by atoms with Crippen molar-refractivity contribution in [2.45, 2.75) is 32.3 Å². The lowest BCUT2D eigenvalue weighted by atomic mass is 9.94. The Morgan fingerprint density at radius 1 is 1.44 bits per heavy atom. The van der Waals surface area contributed by atoms with E-state index in [9.17, 15) is 9.90 Å². The van der Waals surface area contributed by atoms with Gasteiger partial charge in [0.05, 0.1) is 12.7 Å². The van der Waals surface area contributed by atoms with Gasteiger partial charge in [-0.05, 0) is 37.8 Å². The molecule has 1 unspecified atom stereocenters. The smallest absolute Gasteiger partial charge is 0.306 e. The van der Waals surface area contributed by atoms with Gasteiger partial charge >= 0.3 is 5.97 Å². The van der Waals surface area contributed by atoms with Gasteiger partial charge in [0.1, 0.15) is 0 Å². The molecular weight excluding hydrogens is 322 g/mol. The fourth-order valence-electron chi connectivity index (χ4n) is 3.22. The minimum Gasteiger partial charge on any atom is -0.466 e. The van der Waals surface area contributed by atoms with E-state index in [4.69, 9.17) is 15.7 Å². The van der Waals surface area contributed by atoms with Gasteiger partial charge in [0.2, 0.25) is 0 Å². The number of piperidine rings is 1. The first-order chi connectivity index (χ1) is 12.0. The number of carbonyl (C=O) groups excluding carboxylic acids is 1. The summed E-state index contributed by atoms with van der Waals surface area (Å²) in [5.74, 6) is 0.176. The zero-order chi connectivity index (χ0) is 18.2. The van der Waals surface area contributed by atoms with Crippen molar-refractivity contribution in [3.8, 4) is 0 Å². The number of carbonyl (C=O) groups is 1. The molecule has 0 spiro atoms. The van der Waals surface area contributed by atoms with Crippen LogP contribution in [0.1, 0.15) is 43.4 Å². The van der Waals surface area contributed by atoms with Crippen molar-refractivity contribution < 1.29 is 19.8 Å². The molecule has 1 heterocycles. The average Bonchev–Trinajstić information content (AvgIpc) is 2.61. The monoisotopic (exact) mass is 349 g/mol. The molecule has 0 aromatic heterocycles. The summed E-state index contributed by atoms with van der Waals surface area (Å²) >= 11 is 0. The van der Waals surface area contributed by atoms with E-state index in [-0.39, 0.29) is 17.7 Å². The molecule has 138 valence electrons. The number of nitrogens with zero attached hydrogens (tertiary/aromatic N) is 2. The number of oxime groups is 1. The van der Waals surface area contributed by atoms with Crippen LogP contribution in [0.4, 0.5) is 0 Å². The van der Waals surface area contributed by atoms with E-state index in [0.717, 1.165) is 31.5 Å². The minimum absolute atomic E-state index is 0.0406. The minimum atomic E-state index is -0.623. The largest absolute Gasteiger partial charge is 0.466 e. The van der Waals surface area contributed by atoms with Crippen LogP contribution in [0.2, 0.25) is 0 Å². The van der Waals surface area contributed by atoms with Crippen molar-refractivity contribution in [1.29, 1.82) is 0 Å². The molecular formula is C18H27N3O4. The Hall–Kier alpha value is -2.12. The molecule has 1 aliphatic heterocycles. The van der Waals surface area contributed by atoms with Crippen LogP contribution >= 0.6 is 0 Å². The van der Waals surface area contributed by atoms with Gasteiger partial charge < -0.3 is 25.7 Å². The molecule has 1 aromatic rings. The van der Waals surface area contributed by atoms with Crippen LogP contribution < -0.4 is 5.73 Å². The predicted molar refractivity (Wildman–Crippen MR) is 94.3 cm³/mol. The number of amidine groups is 1. The Morgan fingerprint density at radius 3 is 2.80 bits per heavy atom. The van der Waals surface area contributed by atoms with E-state index in [2.05, 4.69) is 10.1 Å². The number of esters is 1. The molecule has 1 saturated heterocycles. The second-order valence-electron chi connectivity index (χ2n) is 6.40. The normalized spacial score (nSPS) is 20.2. The number of hydrogen-bond acceptors (Lipinski definition) is 6. The second-order valence-corrected chi connectivity index (χ2v) is 6.40. The predicted octanol–water partition coefficient (Wildman–Crippen LogP) is 1.48. The number of rotatable bonds is 7. The van der Waals surface area contributed by atoms with Crippen molar-refractivity contribution >= 4 is 11.8 Å². The summed E-state index contributed by atoms with van der Waals surface area (Å²) in [7, 11) is 0. The number of likely N-dealkylation sites (tertiary alicyclic amines) is 1. The Labute approximate surface area is 148 Å². The van der Waals surface area contributed by atoms with Gasteiger partial charge in [-0.25, -0.2) is 0 Å². The zero-order valence-electron chi connectivity index (χ0n) is 14.6. The van der Waals surface area contributed by atoms with Crippen molar-refractivity contribution in [2.24, 2.45) is 16.8 Å². The number of benzene rings is 1. The van der Waals surface area contributed by atoms with E-state index in [1.807, 2.05) is 6.92 Å². The lowest BCUT2D eigenvalue weighted by Gasteiger charge is -2.33. The summed E-state index contributed by atoms with van der Waals surface area (Å²) in [6.45, 7) is 4.45. The molecule has 2 rings (SSSR count). The molecule has 2 atom stereocenters. The maximum absolute atomic E-state index is 11.6. The third-order valence-electron chi connectivity index (χ3n) is 4.49. The van der Waals surface area contributed by atoms with Crippen molar-refractivity contribution in [2.75, 3.05) is 26.2 Å². The topological polar surface area (TPSA) is 108 Å². The summed E-state index contributed by atoms with van der Waals surface area (Å²) in [4.78, 5) is 13.8. The number of aliphatic hydroxyl groups excluding tert-OH is 1. The summed E-state index contributed by atoms with van der Waals surface area (Å²) in [5, 5.41) is 22.1. The first-order valence-electron chi connectivity index (χ1n) is 8.67. The molecule has 7 heteroatoms. The molecule has 0 radical (unpaired) electrons. The van der Waals surface area contributed by atoms with Crippen LogP contribution in [0.25, 0.3) is 0 Å². The number of ether oxygens (including phenoxy) is 1. The molecule has 4 N–H and O–H groups in total. The first-order valence-corrected chi connectivity index (χ1v) is 8.67. The fourth-order valence-corrected chi connectivity index (χ4v) is 3.22. The molecule has 1 fully saturated rings. The van der Waals surface area contributed by atoms with Crippen molar-refractivity contribution in [3.63, 3.8) is 0 Å². The molecule has 1 aromatic carbocycles. The van der Waals surface area contributed by atoms with Gasteiger partial charge in [0.25, 0.3) is 0 Å². The summed E-state index contributed by atoms with van der Waals surface area (Å²) in [5.41, 5.74) is 6.92. The summed E-state index contributed by atoms with van der Waals surface area (Å²) in [6.07, 6.45) is 1.84. The maximum Gasteiger partial charge on any atom is 0.306 e. The van der Waals surface area contributed by atoms with Gasteiger partial charge in [0.15, 0.2) is 5.84 Å². The maximum atomic E-state index is 11.6. The molecule has 1 aliphatic rings. The lowest BCUT2D eigenvalue weighted by molar-refractivity contribution is -0.144. The van der Waals surface area contributed by atoms with Crippen LogP contribution in [0, 0.1) is 5.92 Å². The van der Waals surface area contributed by atoms with Crippen molar-refractivity contribution in [1.82, 2.24) is 4.90 Å². The second kappa shape index (κ2) is 9.39. The number of aliphatic hydroxyl groups is 1. The van der Waals surface area contributed by atoms with E-state index in [1.54, 1.807) is 24.3 Å².